The summed E-state index contributed by atoms with van der Waals surface area (Å²) in [4.78, 5) is 23.6. The number of pyridine rings is 1. The summed E-state index contributed by atoms with van der Waals surface area (Å²) >= 11 is 4.14. The molecule has 1 saturated heterocycles. The van der Waals surface area contributed by atoms with E-state index in [1.165, 1.54) is 9.13 Å². The number of ether oxygens (including phenoxy) is 1. The van der Waals surface area contributed by atoms with Crippen LogP contribution in [0.2, 0.25) is 0 Å². The minimum atomic E-state index is -1.26. The molecule has 7 nitrogen and oxygen atoms in total. The van der Waals surface area contributed by atoms with Gasteiger partial charge in [0, 0.05) is 35.0 Å². The number of nitrogens with one attached hydrogen (secondary N) is 1. The van der Waals surface area contributed by atoms with Crippen LogP contribution in [-0.4, -0.2) is 52.9 Å². The van der Waals surface area contributed by atoms with Gasteiger partial charge in [0.25, 0.3) is 0 Å². The highest BCUT2D eigenvalue weighted by molar-refractivity contribution is 14.1. The third-order valence-corrected chi connectivity index (χ3v) is 6.37. The first-order chi connectivity index (χ1) is 14.0. The van der Waals surface area contributed by atoms with E-state index in [9.17, 15) is 9.59 Å². The molecule has 1 aromatic carbocycles. The van der Waals surface area contributed by atoms with Crippen molar-refractivity contribution >= 4 is 46.3 Å². The predicted octanol–water partition coefficient (Wildman–Crippen LogP) is 3.22. The van der Waals surface area contributed by atoms with Crippen molar-refractivity contribution in [2.75, 3.05) is 19.7 Å². The van der Waals surface area contributed by atoms with Crippen molar-refractivity contribution in [3.8, 4) is 0 Å². The first kappa shape index (κ1) is 23.3. The molecular weight excluding hydrogens is 507 g/mol. The van der Waals surface area contributed by atoms with Gasteiger partial charge in [0.05, 0.1) is 18.0 Å². The summed E-state index contributed by atoms with van der Waals surface area (Å²) in [6.07, 6.45) is 3.14. The van der Waals surface area contributed by atoms with E-state index >= 15 is 0 Å². The highest BCUT2D eigenvalue weighted by Gasteiger charge is 2.27. The number of aromatic nitrogens is 1. The smallest absolute Gasteiger partial charge is 0.328 e. The number of carboxylic acids is 2. The number of halogens is 1. The first-order valence-corrected chi connectivity index (χ1v) is 10.7. The van der Waals surface area contributed by atoms with Crippen LogP contribution in [0.25, 0.3) is 0 Å². The molecule has 0 saturated carbocycles. The summed E-state index contributed by atoms with van der Waals surface area (Å²) in [5.41, 5.74) is 1.29. The number of hydrogen-bond donors (Lipinski definition) is 3. The molecule has 0 unspecified atom stereocenters. The molecule has 2 heterocycles. The molecule has 1 fully saturated rings. The van der Waals surface area contributed by atoms with Crippen molar-refractivity contribution in [1.82, 2.24) is 10.3 Å². The highest BCUT2D eigenvalue weighted by Crippen LogP contribution is 2.39. The molecule has 0 radical (unpaired) electrons. The Bertz CT molecular complexity index is 813. The molecule has 0 amide bonds. The molecule has 0 aliphatic carbocycles. The monoisotopic (exact) mass is 528 g/mol. The van der Waals surface area contributed by atoms with Crippen LogP contribution >= 0.6 is 34.4 Å². The molecule has 3 rings (SSSR count). The predicted molar refractivity (Wildman–Crippen MR) is 119 cm³/mol. The van der Waals surface area contributed by atoms with Gasteiger partial charge in [0.1, 0.15) is 5.03 Å². The van der Waals surface area contributed by atoms with Gasteiger partial charge in [-0.1, -0.05) is 42.1 Å². The van der Waals surface area contributed by atoms with Gasteiger partial charge in [0.2, 0.25) is 0 Å². The fraction of sp³-hybridized carbons (Fsp3) is 0.250. The number of carbonyl (C=O) groups is 2. The lowest BCUT2D eigenvalue weighted by atomic mass is 10.1. The highest BCUT2D eigenvalue weighted by atomic mass is 127. The number of thioether (sulfide) groups is 1. The van der Waals surface area contributed by atoms with E-state index in [1.54, 1.807) is 11.8 Å². The summed E-state index contributed by atoms with van der Waals surface area (Å²) in [6, 6.07) is 14.6. The van der Waals surface area contributed by atoms with Crippen molar-refractivity contribution in [3.63, 3.8) is 0 Å². The second-order valence-corrected chi connectivity index (χ2v) is 8.16. The molecular formula is C20H21IN2O5S. The lowest BCUT2D eigenvalue weighted by molar-refractivity contribution is -0.134. The zero-order valence-corrected chi connectivity index (χ0v) is 18.4. The summed E-state index contributed by atoms with van der Waals surface area (Å²) in [5.74, 6) is -2.51. The SMILES string of the molecule is Ic1cccnc1S[C@@H](c1ccccc1)[C@@H]1CNCCO1.O=C(O)C=CC(=O)O. The Labute approximate surface area is 186 Å². The lowest BCUT2D eigenvalue weighted by Gasteiger charge is -2.31. The molecule has 1 aliphatic rings. The van der Waals surface area contributed by atoms with Crippen molar-refractivity contribution in [2.45, 2.75) is 16.4 Å². The van der Waals surface area contributed by atoms with Crippen LogP contribution in [0.3, 0.4) is 0 Å². The molecule has 0 bridgehead atoms. The quantitative estimate of drug-likeness (QED) is 0.298. The van der Waals surface area contributed by atoms with E-state index in [2.05, 4.69) is 69.3 Å². The number of rotatable bonds is 6. The zero-order chi connectivity index (χ0) is 21.1. The summed E-state index contributed by atoms with van der Waals surface area (Å²) in [6.45, 7) is 2.59. The molecule has 2 aromatic rings. The number of nitrogens with zero attached hydrogens (tertiary/aromatic N) is 1. The average molecular weight is 528 g/mol. The van der Waals surface area contributed by atoms with E-state index < -0.39 is 11.9 Å². The van der Waals surface area contributed by atoms with Crippen LogP contribution in [0.1, 0.15) is 10.8 Å². The van der Waals surface area contributed by atoms with Gasteiger partial charge >= 0.3 is 11.9 Å². The van der Waals surface area contributed by atoms with Crippen LogP contribution in [0.5, 0.6) is 0 Å². The zero-order valence-electron chi connectivity index (χ0n) is 15.4. The van der Waals surface area contributed by atoms with Crippen LogP contribution in [0.15, 0.2) is 65.8 Å². The van der Waals surface area contributed by atoms with E-state index in [0.29, 0.717) is 12.2 Å². The molecule has 3 N–H and O–H groups in total. The van der Waals surface area contributed by atoms with Crippen molar-refractivity contribution in [1.29, 1.82) is 0 Å². The van der Waals surface area contributed by atoms with Crippen LogP contribution in [0, 0.1) is 3.57 Å². The van der Waals surface area contributed by atoms with Gasteiger partial charge in [-0.25, -0.2) is 14.6 Å². The maximum Gasteiger partial charge on any atom is 0.328 e. The number of carboxylic acid groups (broad SMARTS) is 2. The minimum Gasteiger partial charge on any atom is -0.478 e. The minimum absolute atomic E-state index is 0.170. The second-order valence-electron chi connectivity index (χ2n) is 5.86. The summed E-state index contributed by atoms with van der Waals surface area (Å²) in [5, 5.41) is 20.4. The summed E-state index contributed by atoms with van der Waals surface area (Å²) < 4.78 is 7.18. The third kappa shape index (κ3) is 8.52. The van der Waals surface area contributed by atoms with Crippen LogP contribution < -0.4 is 5.32 Å². The van der Waals surface area contributed by atoms with Gasteiger partial charge in [-0.2, -0.15) is 0 Å². The lowest BCUT2D eigenvalue weighted by Crippen LogP contribution is -2.41. The molecule has 9 heteroatoms. The van der Waals surface area contributed by atoms with E-state index in [1.807, 2.05) is 12.3 Å². The van der Waals surface area contributed by atoms with E-state index in [0.717, 1.165) is 24.7 Å². The normalized spacial score (nSPS) is 17.2. The van der Waals surface area contributed by atoms with Crippen molar-refractivity contribution < 1.29 is 24.5 Å². The molecule has 154 valence electrons. The number of aliphatic carboxylic acids is 2. The molecule has 1 aromatic heterocycles. The Morgan fingerprint density at radius 2 is 1.86 bits per heavy atom. The Balaban J connectivity index is 0.000000321. The topological polar surface area (TPSA) is 109 Å². The van der Waals surface area contributed by atoms with Gasteiger partial charge < -0.3 is 20.3 Å². The average Bonchev–Trinajstić information content (AvgIpc) is 2.73. The molecule has 2 atom stereocenters. The number of hydrogen-bond acceptors (Lipinski definition) is 6. The molecule has 1 aliphatic heterocycles. The van der Waals surface area contributed by atoms with Crippen LogP contribution in [-0.2, 0) is 14.3 Å². The maximum atomic E-state index is 9.55. The maximum absolute atomic E-state index is 9.55. The summed E-state index contributed by atoms with van der Waals surface area (Å²) in [7, 11) is 0. The number of benzene rings is 1. The second kappa shape index (κ2) is 12.6. The van der Waals surface area contributed by atoms with Gasteiger partial charge in [-0.15, -0.1) is 0 Å². The van der Waals surface area contributed by atoms with E-state index in [-0.39, 0.29) is 11.4 Å². The largest absolute Gasteiger partial charge is 0.478 e. The third-order valence-electron chi connectivity index (χ3n) is 3.75. The fourth-order valence-electron chi connectivity index (χ4n) is 2.50. The fourth-order valence-corrected chi connectivity index (χ4v) is 4.39. The Morgan fingerprint density at radius 1 is 1.17 bits per heavy atom. The van der Waals surface area contributed by atoms with Crippen molar-refractivity contribution in [3.05, 3.63) is 69.9 Å². The molecule has 0 spiro atoms. The van der Waals surface area contributed by atoms with Gasteiger partial charge in [-0.3, -0.25) is 0 Å². The number of morpholine rings is 1. The van der Waals surface area contributed by atoms with Gasteiger partial charge in [-0.05, 0) is 40.3 Å². The molecule has 29 heavy (non-hydrogen) atoms. The van der Waals surface area contributed by atoms with Crippen molar-refractivity contribution in [2.24, 2.45) is 0 Å². The first-order valence-electron chi connectivity index (χ1n) is 8.75. The standard InChI is InChI=1S/C16H17IN2OS.C4H4O4/c17-13-7-4-8-19-16(13)21-15(12-5-2-1-3-6-12)14-11-18-9-10-20-14;5-3(6)1-2-4(7)8/h1-8,14-15,18H,9-11H2;1-2H,(H,5,6)(H,7,8)/t14-,15-;/m0./s1. The Morgan fingerprint density at radius 3 is 2.41 bits per heavy atom. The Hall–Kier alpha value is -1.95. The van der Waals surface area contributed by atoms with Crippen LogP contribution in [0.4, 0.5) is 0 Å². The van der Waals surface area contributed by atoms with Gasteiger partial charge in [0.15, 0.2) is 0 Å². The Kier molecular flexibility index (Phi) is 10.1. The van der Waals surface area contributed by atoms with E-state index in [4.69, 9.17) is 14.9 Å².